The van der Waals surface area contributed by atoms with Crippen LogP contribution >= 0.6 is 22.7 Å². The van der Waals surface area contributed by atoms with E-state index < -0.39 is 0 Å². The first-order chi connectivity index (χ1) is 16.7. The zero-order chi connectivity index (χ0) is 23.2. The Kier molecular flexibility index (Phi) is 7.10. The molecule has 1 amide bonds. The SMILES string of the molecule is O=C(Cc1ccccn1)Nc1nnc(CC[C@@H]2CC[C@H](c3nnc(Nc4ccccn4)s3)C2)s1. The Labute approximate surface area is 205 Å². The number of rotatable bonds is 9. The predicted molar refractivity (Wildman–Crippen MR) is 132 cm³/mol. The van der Waals surface area contributed by atoms with Gasteiger partial charge in [-0.15, -0.1) is 20.4 Å². The van der Waals surface area contributed by atoms with Gasteiger partial charge in [-0.1, -0.05) is 34.8 Å². The van der Waals surface area contributed by atoms with Crippen molar-refractivity contribution in [3.05, 3.63) is 64.5 Å². The van der Waals surface area contributed by atoms with Crippen molar-refractivity contribution in [3.63, 3.8) is 0 Å². The largest absolute Gasteiger partial charge is 0.315 e. The van der Waals surface area contributed by atoms with E-state index in [0.29, 0.717) is 17.0 Å². The predicted octanol–water partition coefficient (Wildman–Crippen LogP) is 4.62. The minimum atomic E-state index is -0.131. The standard InChI is InChI=1S/C23H24N8OS2/c32-19(14-17-5-1-3-11-24-17)27-23-30-28-20(33-23)10-8-15-7-9-16(13-15)21-29-31-22(34-21)26-18-6-2-4-12-25-18/h1-6,11-12,15-16H,7-10,13-14H2,(H,25,26,31)(H,27,30,32)/t15-,16-/m0/s1. The normalized spacial score (nSPS) is 17.5. The van der Waals surface area contributed by atoms with Gasteiger partial charge in [0.15, 0.2) is 0 Å². The van der Waals surface area contributed by atoms with Crippen molar-refractivity contribution in [2.24, 2.45) is 5.92 Å². The van der Waals surface area contributed by atoms with Gasteiger partial charge in [-0.25, -0.2) is 4.98 Å². The highest BCUT2D eigenvalue weighted by Gasteiger charge is 2.28. The summed E-state index contributed by atoms with van der Waals surface area (Å²) in [6.45, 7) is 0. The van der Waals surface area contributed by atoms with Crippen LogP contribution in [0.1, 0.15) is 47.3 Å². The van der Waals surface area contributed by atoms with Crippen molar-refractivity contribution in [2.75, 3.05) is 10.6 Å². The Morgan fingerprint density at radius 1 is 0.941 bits per heavy atom. The molecule has 9 nitrogen and oxygen atoms in total. The molecule has 0 unspecified atom stereocenters. The molecule has 5 rings (SSSR count). The summed E-state index contributed by atoms with van der Waals surface area (Å²) in [5, 5.41) is 26.5. The molecule has 4 aromatic heterocycles. The number of amides is 1. The molecular formula is C23H24N8OS2. The lowest BCUT2D eigenvalue weighted by atomic mass is 10.0. The molecule has 0 spiro atoms. The molecule has 4 aromatic rings. The number of aromatic nitrogens is 6. The summed E-state index contributed by atoms with van der Waals surface area (Å²) in [5.74, 6) is 1.73. The number of aryl methyl sites for hydroxylation is 1. The van der Waals surface area contributed by atoms with Gasteiger partial charge in [0.2, 0.25) is 16.2 Å². The molecule has 0 aliphatic heterocycles. The van der Waals surface area contributed by atoms with Crippen LogP contribution in [0.5, 0.6) is 0 Å². The van der Waals surface area contributed by atoms with E-state index in [0.717, 1.165) is 52.3 Å². The molecule has 1 saturated carbocycles. The maximum absolute atomic E-state index is 12.2. The lowest BCUT2D eigenvalue weighted by molar-refractivity contribution is -0.115. The number of anilines is 3. The van der Waals surface area contributed by atoms with Gasteiger partial charge in [0.05, 0.1) is 6.42 Å². The number of pyridine rings is 2. The summed E-state index contributed by atoms with van der Waals surface area (Å²) >= 11 is 3.06. The number of nitrogens with one attached hydrogen (secondary N) is 2. The van der Waals surface area contributed by atoms with Crippen LogP contribution in [0.15, 0.2) is 48.8 Å². The minimum absolute atomic E-state index is 0.131. The molecule has 1 fully saturated rings. The van der Waals surface area contributed by atoms with Crippen LogP contribution in [0.25, 0.3) is 0 Å². The minimum Gasteiger partial charge on any atom is -0.315 e. The third-order valence-electron chi connectivity index (χ3n) is 5.78. The topological polar surface area (TPSA) is 118 Å². The maximum Gasteiger partial charge on any atom is 0.232 e. The molecule has 174 valence electrons. The highest BCUT2D eigenvalue weighted by molar-refractivity contribution is 7.15. The second-order valence-electron chi connectivity index (χ2n) is 8.25. The maximum atomic E-state index is 12.2. The molecule has 1 aliphatic rings. The summed E-state index contributed by atoms with van der Waals surface area (Å²) < 4.78 is 0. The van der Waals surface area contributed by atoms with Gasteiger partial charge in [-0.05, 0) is 55.9 Å². The van der Waals surface area contributed by atoms with Crippen molar-refractivity contribution < 1.29 is 4.79 Å². The summed E-state index contributed by atoms with van der Waals surface area (Å²) in [5.41, 5.74) is 0.732. The Balaban J connectivity index is 1.07. The Morgan fingerprint density at radius 3 is 2.62 bits per heavy atom. The molecule has 0 aromatic carbocycles. The van der Waals surface area contributed by atoms with Crippen LogP contribution in [0, 0.1) is 5.92 Å². The van der Waals surface area contributed by atoms with Crippen molar-refractivity contribution in [3.8, 4) is 0 Å². The first-order valence-electron chi connectivity index (χ1n) is 11.2. The molecule has 2 atom stereocenters. The fourth-order valence-corrected chi connectivity index (χ4v) is 5.79. The molecule has 4 heterocycles. The zero-order valence-electron chi connectivity index (χ0n) is 18.4. The Morgan fingerprint density at radius 2 is 1.79 bits per heavy atom. The van der Waals surface area contributed by atoms with Crippen LogP contribution in [0.2, 0.25) is 0 Å². The van der Waals surface area contributed by atoms with Crippen LogP contribution < -0.4 is 10.6 Å². The highest BCUT2D eigenvalue weighted by atomic mass is 32.1. The lowest BCUT2D eigenvalue weighted by Gasteiger charge is -2.08. The van der Waals surface area contributed by atoms with Gasteiger partial charge in [-0.3, -0.25) is 9.78 Å². The van der Waals surface area contributed by atoms with Crippen molar-refractivity contribution in [1.82, 2.24) is 30.4 Å². The smallest absolute Gasteiger partial charge is 0.232 e. The number of carbonyl (C=O) groups excluding carboxylic acids is 1. The third kappa shape index (κ3) is 5.97. The van der Waals surface area contributed by atoms with E-state index in [1.165, 1.54) is 17.8 Å². The van der Waals surface area contributed by atoms with Crippen molar-refractivity contribution >= 4 is 44.7 Å². The van der Waals surface area contributed by atoms with E-state index in [1.807, 2.05) is 36.4 Å². The lowest BCUT2D eigenvalue weighted by Crippen LogP contribution is -2.14. The molecule has 2 N–H and O–H groups in total. The van der Waals surface area contributed by atoms with Gasteiger partial charge >= 0.3 is 0 Å². The van der Waals surface area contributed by atoms with Crippen LogP contribution in [-0.2, 0) is 17.6 Å². The van der Waals surface area contributed by atoms with E-state index in [9.17, 15) is 4.79 Å². The van der Waals surface area contributed by atoms with E-state index in [1.54, 1.807) is 23.7 Å². The quantitative estimate of drug-likeness (QED) is 0.347. The number of carbonyl (C=O) groups is 1. The fraction of sp³-hybridized carbons (Fsp3) is 0.348. The van der Waals surface area contributed by atoms with Crippen LogP contribution in [0.3, 0.4) is 0 Å². The molecule has 0 saturated heterocycles. The van der Waals surface area contributed by atoms with Crippen LogP contribution in [-0.4, -0.2) is 36.3 Å². The van der Waals surface area contributed by atoms with E-state index in [-0.39, 0.29) is 12.3 Å². The first kappa shape index (κ1) is 22.5. The van der Waals surface area contributed by atoms with Gasteiger partial charge < -0.3 is 10.6 Å². The average molecular weight is 493 g/mol. The van der Waals surface area contributed by atoms with Crippen molar-refractivity contribution in [1.29, 1.82) is 0 Å². The van der Waals surface area contributed by atoms with E-state index in [4.69, 9.17) is 0 Å². The van der Waals surface area contributed by atoms with Crippen LogP contribution in [0.4, 0.5) is 16.1 Å². The van der Waals surface area contributed by atoms with Gasteiger partial charge in [0, 0.05) is 30.4 Å². The number of nitrogens with zero attached hydrogens (tertiary/aromatic N) is 6. The molecule has 0 bridgehead atoms. The highest BCUT2D eigenvalue weighted by Crippen LogP contribution is 2.42. The van der Waals surface area contributed by atoms with E-state index in [2.05, 4.69) is 41.0 Å². The molecule has 11 heteroatoms. The number of hydrogen-bond donors (Lipinski definition) is 2. The molecule has 34 heavy (non-hydrogen) atoms. The third-order valence-corrected chi connectivity index (χ3v) is 7.68. The van der Waals surface area contributed by atoms with E-state index >= 15 is 0 Å². The summed E-state index contributed by atoms with van der Waals surface area (Å²) in [6.07, 6.45) is 9.02. The molecule has 0 radical (unpaired) electrons. The van der Waals surface area contributed by atoms with Gasteiger partial charge in [0.1, 0.15) is 15.8 Å². The molecule has 1 aliphatic carbocycles. The Bertz CT molecular complexity index is 1210. The second-order valence-corrected chi connectivity index (χ2v) is 10.3. The first-order valence-corrected chi connectivity index (χ1v) is 12.9. The van der Waals surface area contributed by atoms with Gasteiger partial charge in [-0.2, -0.15) is 0 Å². The average Bonchev–Trinajstić information content (AvgIpc) is 3.60. The fourth-order valence-electron chi connectivity index (χ4n) is 4.12. The second kappa shape index (κ2) is 10.7. The summed E-state index contributed by atoms with van der Waals surface area (Å²) in [4.78, 5) is 20.7. The monoisotopic (exact) mass is 492 g/mol. The number of hydrogen-bond acceptors (Lipinski definition) is 10. The Hall–Kier alpha value is -3.31. The zero-order valence-corrected chi connectivity index (χ0v) is 20.1. The van der Waals surface area contributed by atoms with Crippen molar-refractivity contribution in [2.45, 2.75) is 44.4 Å². The summed E-state index contributed by atoms with van der Waals surface area (Å²) in [7, 11) is 0. The summed E-state index contributed by atoms with van der Waals surface area (Å²) in [6, 6.07) is 11.3. The van der Waals surface area contributed by atoms with Gasteiger partial charge in [0.25, 0.3) is 0 Å². The molecular weight excluding hydrogens is 468 g/mol.